The van der Waals surface area contributed by atoms with E-state index in [-0.39, 0.29) is 5.78 Å². The van der Waals surface area contributed by atoms with Crippen LogP contribution in [0.25, 0.3) is 5.69 Å². The maximum Gasteiger partial charge on any atom is 0.352 e. The van der Waals surface area contributed by atoms with Gasteiger partial charge in [0.15, 0.2) is 5.78 Å². The summed E-state index contributed by atoms with van der Waals surface area (Å²) in [6, 6.07) is 7.55. The van der Waals surface area contributed by atoms with E-state index in [1.165, 1.54) is 15.4 Å². The molecule has 6 nitrogen and oxygen atoms in total. The third-order valence-corrected chi connectivity index (χ3v) is 3.81. The molecule has 104 valence electrons. The number of carbonyl (C=O) groups is 1. The molecule has 2 aliphatic heterocycles. The van der Waals surface area contributed by atoms with Crippen LogP contribution in [-0.4, -0.2) is 19.7 Å². The average Bonchev–Trinajstić information content (AvgIpc) is 2.64. The highest BCUT2D eigenvalue weighted by atomic mass is 16.2. The molecule has 0 fully saturated rings. The van der Waals surface area contributed by atoms with Gasteiger partial charge < -0.3 is 0 Å². The van der Waals surface area contributed by atoms with Gasteiger partial charge in [0.2, 0.25) is 0 Å². The van der Waals surface area contributed by atoms with Gasteiger partial charge in [-0.15, -0.1) is 0 Å². The topological polar surface area (TPSA) is 66.0 Å². The van der Waals surface area contributed by atoms with Crippen LogP contribution in [0.1, 0.15) is 12.1 Å². The Bertz CT molecular complexity index is 912. The summed E-state index contributed by atoms with van der Waals surface area (Å²) in [6.45, 7) is 0. The van der Waals surface area contributed by atoms with E-state index >= 15 is 0 Å². The molecule has 0 saturated carbocycles. The fraction of sp³-hybridized carbons (Fsp3) is 0.133. The van der Waals surface area contributed by atoms with Gasteiger partial charge in [-0.1, -0.05) is 36.4 Å². The smallest absolute Gasteiger partial charge is 0.292 e. The van der Waals surface area contributed by atoms with Crippen LogP contribution in [0.4, 0.5) is 0 Å². The first-order chi connectivity index (χ1) is 10.2. The number of allylic oxidation sites excluding steroid dienone is 4. The molecule has 0 amide bonds. The molecular weight excluding hydrogens is 270 g/mol. The molecule has 0 spiro atoms. The molecule has 2 aromatic rings. The zero-order chi connectivity index (χ0) is 14.6. The van der Waals surface area contributed by atoms with Crippen LogP contribution >= 0.6 is 0 Å². The molecule has 1 aliphatic carbocycles. The lowest BCUT2D eigenvalue weighted by Crippen LogP contribution is -2.35. The molecule has 2 unspecified atom stereocenters. The number of fused-ring (bicyclic) bond motifs is 1. The second-order valence-corrected chi connectivity index (χ2v) is 5.01. The second-order valence-electron chi connectivity index (χ2n) is 5.01. The van der Waals surface area contributed by atoms with Gasteiger partial charge in [-0.2, -0.15) is 0 Å². The number of aromatic nitrogens is 3. The highest BCUT2D eigenvalue weighted by Crippen LogP contribution is 2.24. The molecule has 3 aliphatic rings. The van der Waals surface area contributed by atoms with E-state index in [4.69, 9.17) is 0 Å². The number of benzene rings is 1. The molecule has 0 radical (unpaired) electrons. The second kappa shape index (κ2) is 4.05. The van der Waals surface area contributed by atoms with E-state index < -0.39 is 23.5 Å². The molecule has 0 saturated heterocycles. The molecule has 2 bridgehead atoms. The summed E-state index contributed by atoms with van der Waals surface area (Å²) in [6.07, 6.45) is 6.50. The molecule has 5 rings (SSSR count). The molecule has 1 aromatic carbocycles. The van der Waals surface area contributed by atoms with Gasteiger partial charge in [-0.3, -0.25) is 4.79 Å². The van der Waals surface area contributed by atoms with Crippen molar-refractivity contribution >= 4 is 5.78 Å². The standard InChI is InChI=1S/C15H11N3O3/c19-13-9-7-11-6-8-12(13)18-15(21)16(14(20)17(11)18)10-4-2-1-3-5-10/h1-9,11-12H. The van der Waals surface area contributed by atoms with Crippen molar-refractivity contribution in [3.05, 3.63) is 75.6 Å². The SMILES string of the molecule is O=C1C=CC2C=CC1n1c(=O)n(-c3ccccc3)c(=O)n12. The highest BCUT2D eigenvalue weighted by molar-refractivity contribution is 5.95. The quantitative estimate of drug-likeness (QED) is 0.719. The molecule has 2 atom stereocenters. The first-order valence-electron chi connectivity index (χ1n) is 6.60. The van der Waals surface area contributed by atoms with Crippen LogP contribution in [0.15, 0.2) is 64.2 Å². The van der Waals surface area contributed by atoms with Crippen molar-refractivity contribution in [3.8, 4) is 5.69 Å². The first kappa shape index (κ1) is 11.9. The minimum atomic E-state index is -0.745. The van der Waals surface area contributed by atoms with E-state index in [1.54, 1.807) is 42.5 Å². The van der Waals surface area contributed by atoms with Crippen LogP contribution in [0, 0.1) is 0 Å². The number of para-hydroxylation sites is 1. The van der Waals surface area contributed by atoms with E-state index in [0.717, 1.165) is 4.57 Å². The lowest BCUT2D eigenvalue weighted by molar-refractivity contribution is -0.116. The zero-order valence-electron chi connectivity index (χ0n) is 10.9. The summed E-state index contributed by atoms with van der Waals surface area (Å²) in [5, 5.41) is 0. The Balaban J connectivity index is 2.07. The number of carbonyl (C=O) groups excluding carboxylic acids is 1. The van der Waals surface area contributed by atoms with Crippen molar-refractivity contribution in [2.24, 2.45) is 0 Å². The molecule has 0 N–H and O–H groups in total. The molecular formula is C15H11N3O3. The number of ketones is 1. The predicted molar refractivity (Wildman–Crippen MR) is 75.7 cm³/mol. The number of hydrogen-bond donors (Lipinski definition) is 0. The zero-order valence-corrected chi connectivity index (χ0v) is 10.9. The van der Waals surface area contributed by atoms with Crippen molar-refractivity contribution in [3.63, 3.8) is 0 Å². The van der Waals surface area contributed by atoms with E-state index in [9.17, 15) is 14.4 Å². The van der Waals surface area contributed by atoms with Crippen molar-refractivity contribution in [2.75, 3.05) is 0 Å². The first-order valence-corrected chi connectivity index (χ1v) is 6.60. The summed E-state index contributed by atoms with van der Waals surface area (Å²) in [7, 11) is 0. The third kappa shape index (κ3) is 1.50. The molecule has 3 heterocycles. The Morgan fingerprint density at radius 2 is 1.52 bits per heavy atom. The van der Waals surface area contributed by atoms with Crippen LogP contribution in [0.5, 0.6) is 0 Å². The van der Waals surface area contributed by atoms with Gasteiger partial charge in [0.25, 0.3) is 0 Å². The van der Waals surface area contributed by atoms with Gasteiger partial charge in [-0.25, -0.2) is 23.5 Å². The number of rotatable bonds is 1. The Hall–Kier alpha value is -2.89. The normalized spacial score (nSPS) is 22.4. The maximum atomic E-state index is 12.6. The lowest BCUT2D eigenvalue weighted by Gasteiger charge is -2.20. The Kier molecular flexibility index (Phi) is 2.29. The van der Waals surface area contributed by atoms with Gasteiger partial charge >= 0.3 is 11.4 Å². The van der Waals surface area contributed by atoms with Crippen molar-refractivity contribution in [2.45, 2.75) is 12.1 Å². The summed E-state index contributed by atoms with van der Waals surface area (Å²) >= 11 is 0. The summed E-state index contributed by atoms with van der Waals surface area (Å²) in [5.41, 5.74) is -0.441. The van der Waals surface area contributed by atoms with Crippen molar-refractivity contribution in [1.82, 2.24) is 13.9 Å². The van der Waals surface area contributed by atoms with Crippen LogP contribution in [-0.2, 0) is 4.79 Å². The van der Waals surface area contributed by atoms with E-state index in [1.807, 2.05) is 6.07 Å². The lowest BCUT2D eigenvalue weighted by atomic mass is 10.2. The van der Waals surface area contributed by atoms with Crippen LogP contribution < -0.4 is 11.4 Å². The molecule has 1 aromatic heterocycles. The Morgan fingerprint density at radius 1 is 0.810 bits per heavy atom. The number of nitrogens with zero attached hydrogens (tertiary/aromatic N) is 3. The summed E-state index contributed by atoms with van der Waals surface area (Å²) in [4.78, 5) is 37.2. The van der Waals surface area contributed by atoms with Gasteiger partial charge in [-0.05, 0) is 18.2 Å². The van der Waals surface area contributed by atoms with Gasteiger partial charge in [0, 0.05) is 0 Å². The fourth-order valence-electron chi connectivity index (χ4n) is 2.83. The summed E-state index contributed by atoms with van der Waals surface area (Å²) < 4.78 is 3.67. The van der Waals surface area contributed by atoms with Crippen molar-refractivity contribution in [1.29, 1.82) is 0 Å². The van der Waals surface area contributed by atoms with Gasteiger partial charge in [0.1, 0.15) is 6.04 Å². The van der Waals surface area contributed by atoms with E-state index in [0.29, 0.717) is 5.69 Å². The van der Waals surface area contributed by atoms with Gasteiger partial charge in [0.05, 0.1) is 11.7 Å². The highest BCUT2D eigenvalue weighted by Gasteiger charge is 2.33. The predicted octanol–water partition coefficient (Wildman–Crippen LogP) is 0.592. The fourth-order valence-corrected chi connectivity index (χ4v) is 2.83. The maximum absolute atomic E-state index is 12.6. The monoisotopic (exact) mass is 281 g/mol. The third-order valence-electron chi connectivity index (χ3n) is 3.81. The van der Waals surface area contributed by atoms with Crippen LogP contribution in [0.2, 0.25) is 0 Å². The molecule has 6 heteroatoms. The van der Waals surface area contributed by atoms with Crippen LogP contribution in [0.3, 0.4) is 0 Å². The van der Waals surface area contributed by atoms with E-state index in [2.05, 4.69) is 0 Å². The number of hydrogen-bond acceptors (Lipinski definition) is 3. The summed E-state index contributed by atoms with van der Waals surface area (Å²) in [5.74, 6) is -0.202. The average molecular weight is 281 g/mol. The Labute approximate surface area is 118 Å². The minimum Gasteiger partial charge on any atom is -0.292 e. The minimum absolute atomic E-state index is 0.202. The largest absolute Gasteiger partial charge is 0.352 e. The molecule has 21 heavy (non-hydrogen) atoms. The van der Waals surface area contributed by atoms with Crippen molar-refractivity contribution < 1.29 is 4.79 Å². The Morgan fingerprint density at radius 3 is 2.29 bits per heavy atom.